The van der Waals surface area contributed by atoms with Crippen molar-refractivity contribution in [3.63, 3.8) is 0 Å². The molecular weight excluding hydrogens is 246 g/mol. The minimum Gasteiger partial charge on any atom is -0.479 e. The van der Waals surface area contributed by atoms with Crippen molar-refractivity contribution in [1.29, 1.82) is 0 Å². The minimum absolute atomic E-state index is 0.240. The number of hydrogen-bond acceptors (Lipinski definition) is 3. The van der Waals surface area contributed by atoms with Crippen molar-refractivity contribution in [2.75, 3.05) is 6.54 Å². The molecule has 104 valence electrons. The first kappa shape index (κ1) is 13.6. The molecule has 1 atom stereocenters. The molecule has 1 N–H and O–H groups in total. The van der Waals surface area contributed by atoms with E-state index in [1.807, 2.05) is 6.92 Å². The average Bonchev–Trinajstić information content (AvgIpc) is 2.92. The van der Waals surface area contributed by atoms with E-state index < -0.39 is 11.5 Å². The van der Waals surface area contributed by atoms with Gasteiger partial charge in [0.2, 0.25) is 0 Å². The largest absolute Gasteiger partial charge is 0.479 e. The van der Waals surface area contributed by atoms with Crippen molar-refractivity contribution in [2.45, 2.75) is 45.6 Å². The summed E-state index contributed by atoms with van der Waals surface area (Å²) < 4.78 is 5.36. The Morgan fingerprint density at radius 1 is 1.47 bits per heavy atom. The Bertz CT molecular complexity index is 520. The fourth-order valence-corrected chi connectivity index (χ4v) is 2.90. The van der Waals surface area contributed by atoms with Gasteiger partial charge in [-0.2, -0.15) is 0 Å². The number of aliphatic carboxylic acids is 1. The quantitative estimate of drug-likeness (QED) is 0.910. The highest BCUT2D eigenvalue weighted by molar-refractivity contribution is 5.99. The number of nitrogens with zero attached hydrogens (tertiary/aromatic N) is 1. The lowest BCUT2D eigenvalue weighted by Crippen LogP contribution is -2.52. The van der Waals surface area contributed by atoms with Gasteiger partial charge < -0.3 is 14.4 Å². The summed E-state index contributed by atoms with van der Waals surface area (Å²) in [6.07, 6.45) is 1.66. The van der Waals surface area contributed by atoms with E-state index in [2.05, 4.69) is 0 Å². The normalized spacial score (nSPS) is 22.8. The van der Waals surface area contributed by atoms with Crippen LogP contribution in [0.2, 0.25) is 0 Å². The molecule has 1 aliphatic rings. The Kier molecular flexibility index (Phi) is 3.39. The number of carboxylic acids is 1. The highest BCUT2D eigenvalue weighted by Crippen LogP contribution is 2.34. The predicted octanol–water partition coefficient (Wildman–Crippen LogP) is 2.37. The SMILES string of the molecule is CCC1(C(=O)O)CCCN1C(=O)c1cc(C)oc1C. The highest BCUT2D eigenvalue weighted by Gasteiger charge is 2.49. The van der Waals surface area contributed by atoms with Crippen molar-refractivity contribution in [2.24, 2.45) is 0 Å². The second kappa shape index (κ2) is 4.72. The molecule has 1 aliphatic heterocycles. The molecule has 1 amide bonds. The maximum atomic E-state index is 12.6. The third-order valence-electron chi connectivity index (χ3n) is 3.99. The number of aryl methyl sites for hydroxylation is 2. The standard InChI is InChI=1S/C14H19NO4/c1-4-14(13(17)18)6-5-7-15(14)12(16)11-8-9(2)19-10(11)3/h8H,4-7H2,1-3H3,(H,17,18). The summed E-state index contributed by atoms with van der Waals surface area (Å²) >= 11 is 0. The van der Waals surface area contributed by atoms with Gasteiger partial charge in [-0.3, -0.25) is 4.79 Å². The maximum absolute atomic E-state index is 12.6. The molecule has 5 nitrogen and oxygen atoms in total. The van der Waals surface area contributed by atoms with Crippen LogP contribution in [-0.2, 0) is 4.79 Å². The van der Waals surface area contributed by atoms with Gasteiger partial charge in [-0.05, 0) is 39.2 Å². The molecular formula is C14H19NO4. The molecule has 2 heterocycles. The van der Waals surface area contributed by atoms with Crippen molar-refractivity contribution < 1.29 is 19.1 Å². The summed E-state index contributed by atoms with van der Waals surface area (Å²) in [5.41, 5.74) is -0.590. The van der Waals surface area contributed by atoms with E-state index >= 15 is 0 Å². The minimum atomic E-state index is -1.06. The summed E-state index contributed by atoms with van der Waals surface area (Å²) in [5.74, 6) is 0.0529. The van der Waals surface area contributed by atoms with E-state index in [9.17, 15) is 14.7 Å². The lowest BCUT2D eigenvalue weighted by Gasteiger charge is -2.33. The van der Waals surface area contributed by atoms with Crippen LogP contribution in [0.4, 0.5) is 0 Å². The third-order valence-corrected chi connectivity index (χ3v) is 3.99. The number of rotatable bonds is 3. The first-order valence-corrected chi connectivity index (χ1v) is 6.55. The van der Waals surface area contributed by atoms with Crippen LogP contribution in [0, 0.1) is 13.8 Å². The molecule has 0 spiro atoms. The summed E-state index contributed by atoms with van der Waals surface area (Å²) in [7, 11) is 0. The molecule has 1 aromatic rings. The molecule has 0 radical (unpaired) electrons. The van der Waals surface area contributed by atoms with E-state index in [1.165, 1.54) is 4.90 Å². The summed E-state index contributed by atoms with van der Waals surface area (Å²) in [5, 5.41) is 9.49. The Balaban J connectivity index is 2.38. The van der Waals surface area contributed by atoms with Gasteiger partial charge in [0.05, 0.1) is 5.56 Å². The molecule has 1 fully saturated rings. The van der Waals surface area contributed by atoms with Gasteiger partial charge in [-0.15, -0.1) is 0 Å². The van der Waals surface area contributed by atoms with Gasteiger partial charge in [-0.25, -0.2) is 4.79 Å². The molecule has 0 saturated carbocycles. The number of carbonyl (C=O) groups excluding carboxylic acids is 1. The van der Waals surface area contributed by atoms with E-state index in [0.717, 1.165) is 6.42 Å². The summed E-state index contributed by atoms with van der Waals surface area (Å²) in [6.45, 7) is 5.80. The molecule has 0 bridgehead atoms. The monoisotopic (exact) mass is 265 g/mol. The number of hydrogen-bond donors (Lipinski definition) is 1. The van der Waals surface area contributed by atoms with E-state index in [1.54, 1.807) is 19.9 Å². The van der Waals surface area contributed by atoms with Gasteiger partial charge in [0, 0.05) is 6.54 Å². The zero-order valence-electron chi connectivity index (χ0n) is 11.5. The summed E-state index contributed by atoms with van der Waals surface area (Å²) in [4.78, 5) is 25.6. The number of carboxylic acid groups (broad SMARTS) is 1. The molecule has 2 rings (SSSR count). The first-order chi connectivity index (χ1) is 8.92. The number of furan rings is 1. The average molecular weight is 265 g/mol. The van der Waals surface area contributed by atoms with Gasteiger partial charge >= 0.3 is 5.97 Å². The fourth-order valence-electron chi connectivity index (χ4n) is 2.90. The van der Waals surface area contributed by atoms with Crippen LogP contribution >= 0.6 is 0 Å². The predicted molar refractivity (Wildman–Crippen MR) is 69.1 cm³/mol. The molecule has 1 unspecified atom stereocenters. The van der Waals surface area contributed by atoms with Gasteiger partial charge in [0.25, 0.3) is 5.91 Å². The molecule has 19 heavy (non-hydrogen) atoms. The van der Waals surface area contributed by atoms with Crippen molar-refractivity contribution in [1.82, 2.24) is 4.90 Å². The molecule has 0 aromatic carbocycles. The smallest absolute Gasteiger partial charge is 0.329 e. The van der Waals surface area contributed by atoms with E-state index in [4.69, 9.17) is 4.42 Å². The Morgan fingerprint density at radius 2 is 2.16 bits per heavy atom. The molecule has 1 saturated heterocycles. The van der Waals surface area contributed by atoms with Crippen LogP contribution in [0.5, 0.6) is 0 Å². The number of likely N-dealkylation sites (tertiary alicyclic amines) is 1. The Morgan fingerprint density at radius 3 is 2.63 bits per heavy atom. The summed E-state index contributed by atoms with van der Waals surface area (Å²) in [6, 6.07) is 1.68. The molecule has 1 aromatic heterocycles. The Hall–Kier alpha value is -1.78. The van der Waals surface area contributed by atoms with Crippen molar-refractivity contribution in [3.8, 4) is 0 Å². The zero-order valence-corrected chi connectivity index (χ0v) is 11.5. The fraction of sp³-hybridized carbons (Fsp3) is 0.571. The highest BCUT2D eigenvalue weighted by atomic mass is 16.4. The van der Waals surface area contributed by atoms with E-state index in [-0.39, 0.29) is 5.91 Å². The third kappa shape index (κ3) is 2.03. The molecule has 5 heteroatoms. The number of carbonyl (C=O) groups is 2. The first-order valence-electron chi connectivity index (χ1n) is 6.55. The van der Waals surface area contributed by atoms with Crippen molar-refractivity contribution >= 4 is 11.9 Å². The van der Waals surface area contributed by atoms with E-state index in [0.29, 0.717) is 36.5 Å². The zero-order chi connectivity index (χ0) is 14.2. The Labute approximate surface area is 112 Å². The van der Waals surface area contributed by atoms with Crippen LogP contribution in [0.3, 0.4) is 0 Å². The van der Waals surface area contributed by atoms with Gasteiger partial charge in [-0.1, -0.05) is 6.92 Å². The van der Waals surface area contributed by atoms with Crippen LogP contribution in [0.1, 0.15) is 48.1 Å². The number of amides is 1. The second-order valence-electron chi connectivity index (χ2n) is 5.08. The topological polar surface area (TPSA) is 70.8 Å². The van der Waals surface area contributed by atoms with Gasteiger partial charge in [0.1, 0.15) is 17.1 Å². The molecule has 0 aliphatic carbocycles. The second-order valence-corrected chi connectivity index (χ2v) is 5.08. The lowest BCUT2D eigenvalue weighted by molar-refractivity contribution is -0.148. The maximum Gasteiger partial charge on any atom is 0.329 e. The van der Waals surface area contributed by atoms with Crippen LogP contribution < -0.4 is 0 Å². The van der Waals surface area contributed by atoms with Crippen LogP contribution in [0.15, 0.2) is 10.5 Å². The van der Waals surface area contributed by atoms with Crippen molar-refractivity contribution in [3.05, 3.63) is 23.2 Å². The van der Waals surface area contributed by atoms with Crippen LogP contribution in [0.25, 0.3) is 0 Å². The lowest BCUT2D eigenvalue weighted by atomic mass is 9.92. The van der Waals surface area contributed by atoms with Crippen LogP contribution in [-0.4, -0.2) is 34.0 Å². The van der Waals surface area contributed by atoms with Gasteiger partial charge in [0.15, 0.2) is 0 Å².